The SMILES string of the molecule is COc1cccc(CN(C(=O)CCCCCCC(=O)NO)c2ccccc2)c1. The number of rotatable bonds is 11. The van der Waals surface area contributed by atoms with E-state index in [-0.39, 0.29) is 11.8 Å². The van der Waals surface area contributed by atoms with E-state index in [1.54, 1.807) is 17.5 Å². The molecule has 0 saturated heterocycles. The monoisotopic (exact) mass is 384 g/mol. The largest absolute Gasteiger partial charge is 0.497 e. The van der Waals surface area contributed by atoms with Crippen LogP contribution in [-0.4, -0.2) is 24.1 Å². The zero-order chi connectivity index (χ0) is 20.2. The number of benzene rings is 2. The normalized spacial score (nSPS) is 10.4. The molecule has 2 rings (SSSR count). The first-order valence-corrected chi connectivity index (χ1v) is 9.55. The van der Waals surface area contributed by atoms with E-state index in [0.717, 1.165) is 36.3 Å². The van der Waals surface area contributed by atoms with Crippen molar-refractivity contribution in [1.82, 2.24) is 5.48 Å². The van der Waals surface area contributed by atoms with Crippen LogP contribution in [0.25, 0.3) is 0 Å². The molecule has 0 saturated carbocycles. The Morgan fingerprint density at radius 1 is 0.964 bits per heavy atom. The van der Waals surface area contributed by atoms with Crippen LogP contribution in [0.2, 0.25) is 0 Å². The summed E-state index contributed by atoms with van der Waals surface area (Å²) in [6.07, 6.45) is 3.93. The number of unbranched alkanes of at least 4 members (excludes halogenated alkanes) is 3. The Morgan fingerprint density at radius 3 is 2.36 bits per heavy atom. The van der Waals surface area contributed by atoms with Crippen molar-refractivity contribution < 1.29 is 19.5 Å². The van der Waals surface area contributed by atoms with E-state index in [0.29, 0.717) is 25.8 Å². The Hall–Kier alpha value is -2.86. The van der Waals surface area contributed by atoms with Gasteiger partial charge in [-0.25, -0.2) is 5.48 Å². The molecule has 28 heavy (non-hydrogen) atoms. The van der Waals surface area contributed by atoms with Crippen molar-refractivity contribution in [1.29, 1.82) is 0 Å². The smallest absolute Gasteiger partial charge is 0.243 e. The average Bonchev–Trinajstić information content (AvgIpc) is 2.74. The van der Waals surface area contributed by atoms with Gasteiger partial charge in [-0.1, -0.05) is 43.2 Å². The lowest BCUT2D eigenvalue weighted by atomic mass is 10.1. The van der Waals surface area contributed by atoms with Crippen LogP contribution in [0.1, 0.15) is 44.1 Å². The molecular formula is C22H28N2O4. The molecule has 0 aromatic heterocycles. The molecule has 0 aliphatic rings. The fraction of sp³-hybridized carbons (Fsp3) is 0.364. The minimum Gasteiger partial charge on any atom is -0.497 e. The number of nitrogens with zero attached hydrogens (tertiary/aromatic N) is 1. The van der Waals surface area contributed by atoms with Crippen molar-refractivity contribution in [3.63, 3.8) is 0 Å². The van der Waals surface area contributed by atoms with Gasteiger partial charge < -0.3 is 9.64 Å². The highest BCUT2D eigenvalue weighted by molar-refractivity contribution is 5.93. The van der Waals surface area contributed by atoms with Gasteiger partial charge in [0, 0.05) is 18.5 Å². The third kappa shape index (κ3) is 7.04. The van der Waals surface area contributed by atoms with Crippen molar-refractivity contribution in [2.45, 2.75) is 45.1 Å². The topological polar surface area (TPSA) is 78.9 Å². The molecule has 0 unspecified atom stereocenters. The Kier molecular flexibility index (Phi) is 9.01. The Labute approximate surface area is 166 Å². The van der Waals surface area contributed by atoms with Gasteiger partial charge in [0.2, 0.25) is 11.8 Å². The lowest BCUT2D eigenvalue weighted by molar-refractivity contribution is -0.129. The van der Waals surface area contributed by atoms with Crippen LogP contribution in [0.3, 0.4) is 0 Å². The highest BCUT2D eigenvalue weighted by Crippen LogP contribution is 2.21. The Balaban J connectivity index is 1.93. The quantitative estimate of drug-likeness (QED) is 0.348. The first-order chi connectivity index (χ1) is 13.6. The number of ether oxygens (including phenoxy) is 1. The second kappa shape index (κ2) is 11.8. The molecule has 0 aliphatic carbocycles. The maximum absolute atomic E-state index is 12.9. The van der Waals surface area contributed by atoms with E-state index in [1.165, 1.54) is 0 Å². The fourth-order valence-corrected chi connectivity index (χ4v) is 2.99. The predicted octanol–water partition coefficient (Wildman–Crippen LogP) is 4.07. The van der Waals surface area contributed by atoms with Gasteiger partial charge in [-0.15, -0.1) is 0 Å². The van der Waals surface area contributed by atoms with Gasteiger partial charge >= 0.3 is 0 Å². The zero-order valence-corrected chi connectivity index (χ0v) is 16.3. The molecule has 0 heterocycles. The standard InChI is InChI=1S/C22H28N2O4/c1-28-20-13-9-10-18(16-20)17-24(19-11-5-4-6-12-19)22(26)15-8-3-2-7-14-21(25)23-27/h4-6,9-13,16,27H,2-3,7-8,14-15,17H2,1H3,(H,23,25). The molecule has 2 aromatic rings. The molecule has 0 atom stereocenters. The number of hydrogen-bond donors (Lipinski definition) is 2. The second-order valence-corrected chi connectivity index (χ2v) is 6.62. The number of carbonyl (C=O) groups excluding carboxylic acids is 2. The molecular weight excluding hydrogens is 356 g/mol. The molecule has 0 radical (unpaired) electrons. The first kappa shape index (κ1) is 21.4. The number of methoxy groups -OCH3 is 1. The minimum absolute atomic E-state index is 0.0714. The summed E-state index contributed by atoms with van der Waals surface area (Å²) < 4.78 is 5.28. The fourth-order valence-electron chi connectivity index (χ4n) is 2.99. The van der Waals surface area contributed by atoms with Crippen molar-refractivity contribution in [2.24, 2.45) is 0 Å². The highest BCUT2D eigenvalue weighted by atomic mass is 16.5. The molecule has 0 bridgehead atoms. The lowest BCUT2D eigenvalue weighted by Gasteiger charge is -2.23. The second-order valence-electron chi connectivity index (χ2n) is 6.62. The van der Waals surface area contributed by atoms with Gasteiger partial charge in [-0.05, 0) is 42.7 Å². The van der Waals surface area contributed by atoms with Crippen LogP contribution in [0, 0.1) is 0 Å². The van der Waals surface area contributed by atoms with E-state index in [2.05, 4.69) is 0 Å². The third-order valence-corrected chi connectivity index (χ3v) is 4.51. The van der Waals surface area contributed by atoms with Crippen LogP contribution in [0.4, 0.5) is 5.69 Å². The van der Waals surface area contributed by atoms with E-state index >= 15 is 0 Å². The summed E-state index contributed by atoms with van der Waals surface area (Å²) >= 11 is 0. The van der Waals surface area contributed by atoms with E-state index in [4.69, 9.17) is 9.94 Å². The minimum atomic E-state index is -0.371. The van der Waals surface area contributed by atoms with Gasteiger partial charge in [-0.2, -0.15) is 0 Å². The summed E-state index contributed by atoms with van der Waals surface area (Å²) in [4.78, 5) is 25.7. The molecule has 0 fully saturated rings. The summed E-state index contributed by atoms with van der Waals surface area (Å²) in [6.45, 7) is 0.483. The molecule has 2 N–H and O–H groups in total. The first-order valence-electron chi connectivity index (χ1n) is 9.55. The number of nitrogens with one attached hydrogen (secondary N) is 1. The number of para-hydroxylation sites is 1. The Bertz CT molecular complexity index is 749. The third-order valence-electron chi connectivity index (χ3n) is 4.51. The molecule has 2 amide bonds. The molecule has 0 aliphatic heterocycles. The Morgan fingerprint density at radius 2 is 1.68 bits per heavy atom. The van der Waals surface area contributed by atoms with Crippen LogP contribution in [-0.2, 0) is 16.1 Å². The molecule has 6 nitrogen and oxygen atoms in total. The molecule has 2 aromatic carbocycles. The van der Waals surface area contributed by atoms with E-state index in [9.17, 15) is 9.59 Å². The van der Waals surface area contributed by atoms with E-state index in [1.807, 2.05) is 54.6 Å². The summed E-state index contributed by atoms with van der Waals surface area (Å²) in [5, 5.41) is 8.48. The molecule has 6 heteroatoms. The molecule has 0 spiro atoms. The van der Waals surface area contributed by atoms with Gasteiger partial charge in [0.25, 0.3) is 0 Å². The van der Waals surface area contributed by atoms with Gasteiger partial charge in [0.15, 0.2) is 0 Å². The maximum Gasteiger partial charge on any atom is 0.243 e. The highest BCUT2D eigenvalue weighted by Gasteiger charge is 2.16. The summed E-state index contributed by atoms with van der Waals surface area (Å²) in [5.41, 5.74) is 3.51. The number of anilines is 1. The van der Waals surface area contributed by atoms with Crippen LogP contribution >= 0.6 is 0 Å². The van der Waals surface area contributed by atoms with Gasteiger partial charge in [-0.3, -0.25) is 14.8 Å². The van der Waals surface area contributed by atoms with Crippen LogP contribution in [0.15, 0.2) is 54.6 Å². The summed E-state index contributed by atoms with van der Waals surface area (Å²) in [7, 11) is 1.63. The number of amides is 2. The van der Waals surface area contributed by atoms with Crippen molar-refractivity contribution >= 4 is 17.5 Å². The number of hydrogen-bond acceptors (Lipinski definition) is 4. The van der Waals surface area contributed by atoms with Crippen molar-refractivity contribution in [2.75, 3.05) is 12.0 Å². The summed E-state index contributed by atoms with van der Waals surface area (Å²) in [5.74, 6) is 0.469. The summed E-state index contributed by atoms with van der Waals surface area (Å²) in [6, 6.07) is 17.4. The van der Waals surface area contributed by atoms with E-state index < -0.39 is 0 Å². The maximum atomic E-state index is 12.9. The van der Waals surface area contributed by atoms with Gasteiger partial charge in [0.1, 0.15) is 5.75 Å². The number of hydroxylamine groups is 1. The van der Waals surface area contributed by atoms with Crippen molar-refractivity contribution in [3.05, 3.63) is 60.2 Å². The zero-order valence-electron chi connectivity index (χ0n) is 16.3. The lowest BCUT2D eigenvalue weighted by Crippen LogP contribution is -2.30. The predicted molar refractivity (Wildman–Crippen MR) is 108 cm³/mol. The van der Waals surface area contributed by atoms with Crippen LogP contribution in [0.5, 0.6) is 5.75 Å². The molecule has 150 valence electrons. The van der Waals surface area contributed by atoms with Crippen molar-refractivity contribution in [3.8, 4) is 5.75 Å². The van der Waals surface area contributed by atoms with Crippen LogP contribution < -0.4 is 15.1 Å². The average molecular weight is 384 g/mol. The number of carbonyl (C=O) groups is 2. The van der Waals surface area contributed by atoms with Gasteiger partial charge in [0.05, 0.1) is 13.7 Å².